The minimum Gasteiger partial charge on any atom is -0.365 e. The fourth-order valence-electron chi connectivity index (χ4n) is 0.195. The van der Waals surface area contributed by atoms with Gasteiger partial charge in [0.25, 0.3) is 0 Å². The summed E-state index contributed by atoms with van der Waals surface area (Å²) in [4.78, 5) is 9.81. The van der Waals surface area contributed by atoms with Crippen LogP contribution in [0.15, 0.2) is 0 Å². The highest BCUT2D eigenvalue weighted by atomic mass is 16.1. The van der Waals surface area contributed by atoms with E-state index < -0.39 is 5.81 Å². The van der Waals surface area contributed by atoms with Crippen LogP contribution in [0.4, 0.5) is 4.79 Å². The highest BCUT2D eigenvalue weighted by Crippen LogP contribution is 1.54. The molecule has 2 radical (unpaired) electrons. The zero-order chi connectivity index (χ0) is 5.70. The van der Waals surface area contributed by atoms with Crippen molar-refractivity contribution in [2.75, 3.05) is 13.1 Å². The fourth-order valence-corrected chi connectivity index (χ4v) is 0.195. The lowest BCUT2D eigenvalue weighted by molar-refractivity contribution is 0.260. The van der Waals surface area contributed by atoms with Crippen LogP contribution < -0.4 is 11.1 Å². The van der Waals surface area contributed by atoms with Gasteiger partial charge in [0.2, 0.25) is 0 Å². The average Bonchev–Trinajstić information content (AvgIpc) is 1.61. The number of nitrogens with one attached hydrogen (secondary N) is 1. The van der Waals surface area contributed by atoms with Gasteiger partial charge in [0, 0.05) is 13.1 Å². The Morgan fingerprint density at radius 3 is 2.57 bits per heavy atom. The topological polar surface area (TPSA) is 55.1 Å². The highest BCUT2D eigenvalue weighted by Gasteiger charge is 1.82. The molecule has 3 N–H and O–H groups in total. The zero-order valence-electron chi connectivity index (χ0n) is 3.98. The molecule has 0 unspecified atom stereocenters. The molecule has 0 aliphatic heterocycles. The van der Waals surface area contributed by atoms with E-state index in [0.29, 0.717) is 13.1 Å². The van der Waals surface area contributed by atoms with Gasteiger partial charge >= 0.3 is 0 Å². The number of amides is 1. The van der Waals surface area contributed by atoms with E-state index in [1.54, 1.807) is 0 Å². The van der Waals surface area contributed by atoms with Crippen molar-refractivity contribution in [2.24, 2.45) is 5.73 Å². The predicted octanol–water partition coefficient (Wildman–Crippen LogP) is -1.18. The maximum atomic E-state index is 9.81. The van der Waals surface area contributed by atoms with Crippen LogP contribution in [-0.2, 0) is 0 Å². The van der Waals surface area contributed by atoms with Gasteiger partial charge < -0.3 is 11.1 Å². The van der Waals surface area contributed by atoms with Gasteiger partial charge in [-0.25, -0.2) is 0 Å². The van der Waals surface area contributed by atoms with Gasteiger partial charge in [-0.15, -0.1) is 0 Å². The summed E-state index contributed by atoms with van der Waals surface area (Å²) in [7, 11) is 4.67. The Kier molecular flexibility index (Phi) is 3.41. The number of nitrogens with two attached hydrogens (primary N) is 1. The van der Waals surface area contributed by atoms with Crippen molar-refractivity contribution in [1.82, 2.24) is 5.32 Å². The SMILES string of the molecule is [B]C(=O)NCCN. The van der Waals surface area contributed by atoms with Crippen LogP contribution in [0.25, 0.3) is 0 Å². The second-order valence-electron chi connectivity index (χ2n) is 1.08. The van der Waals surface area contributed by atoms with Gasteiger partial charge in [-0.2, -0.15) is 0 Å². The molecule has 0 spiro atoms. The Bertz CT molecular complexity index is 66.0. The van der Waals surface area contributed by atoms with Crippen molar-refractivity contribution in [3.05, 3.63) is 0 Å². The second kappa shape index (κ2) is 3.68. The number of hydrogen-bond acceptors (Lipinski definition) is 2. The van der Waals surface area contributed by atoms with Crippen molar-refractivity contribution in [1.29, 1.82) is 0 Å². The maximum absolute atomic E-state index is 9.81. The standard InChI is InChI=1S/C3H7BN2O/c4-3(7)6-2-1-5/h1-2,5H2,(H,6,7). The third-order valence-corrected chi connectivity index (χ3v) is 0.444. The van der Waals surface area contributed by atoms with E-state index in [1.807, 2.05) is 0 Å². The Morgan fingerprint density at radius 2 is 2.43 bits per heavy atom. The van der Waals surface area contributed by atoms with E-state index in [1.165, 1.54) is 0 Å². The van der Waals surface area contributed by atoms with Gasteiger partial charge in [0.05, 0.1) is 0 Å². The molecule has 0 rings (SSSR count). The first-order valence-corrected chi connectivity index (χ1v) is 2.00. The summed E-state index contributed by atoms with van der Waals surface area (Å²) in [5.41, 5.74) is 5.01. The van der Waals surface area contributed by atoms with E-state index in [-0.39, 0.29) is 0 Å². The largest absolute Gasteiger partial charge is 0.365 e. The van der Waals surface area contributed by atoms with Crippen LogP contribution in [0, 0.1) is 0 Å². The molecule has 0 heterocycles. The fraction of sp³-hybridized carbons (Fsp3) is 0.667. The predicted molar refractivity (Wildman–Crippen MR) is 28.2 cm³/mol. The van der Waals surface area contributed by atoms with E-state index >= 15 is 0 Å². The number of hydrogen-bond donors (Lipinski definition) is 2. The van der Waals surface area contributed by atoms with E-state index in [4.69, 9.17) is 5.73 Å². The Morgan fingerprint density at radius 1 is 1.86 bits per heavy atom. The minimum atomic E-state index is -0.523. The van der Waals surface area contributed by atoms with Gasteiger partial charge in [-0.05, 0) is 0 Å². The average molecular weight is 97.9 g/mol. The Hall–Kier alpha value is -0.505. The molecule has 0 aliphatic rings. The molecule has 3 nitrogen and oxygen atoms in total. The van der Waals surface area contributed by atoms with E-state index in [9.17, 15) is 4.79 Å². The number of carbonyl (C=O) groups is 1. The summed E-state index contributed by atoms with van der Waals surface area (Å²) in [6.45, 7) is 0.887. The lowest BCUT2D eigenvalue weighted by atomic mass is 10.1. The van der Waals surface area contributed by atoms with Crippen LogP contribution >= 0.6 is 0 Å². The molecule has 0 atom stereocenters. The molecule has 0 bridgehead atoms. The molecule has 0 aliphatic carbocycles. The molecular formula is C3H7BN2O. The van der Waals surface area contributed by atoms with Crippen LogP contribution in [0.5, 0.6) is 0 Å². The molecule has 0 aromatic rings. The number of rotatable bonds is 2. The van der Waals surface area contributed by atoms with E-state index in [0.717, 1.165) is 0 Å². The summed E-state index contributed by atoms with van der Waals surface area (Å²) in [5, 5.41) is 2.31. The Labute approximate surface area is 43.7 Å². The summed E-state index contributed by atoms with van der Waals surface area (Å²) < 4.78 is 0. The normalized spacial score (nSPS) is 8.14. The summed E-state index contributed by atoms with van der Waals surface area (Å²) in [6.07, 6.45) is 0. The molecule has 7 heavy (non-hydrogen) atoms. The highest BCUT2D eigenvalue weighted by molar-refractivity contribution is 6.57. The van der Waals surface area contributed by atoms with Gasteiger partial charge in [0.1, 0.15) is 0 Å². The van der Waals surface area contributed by atoms with Crippen LogP contribution in [0.1, 0.15) is 0 Å². The first-order valence-electron chi connectivity index (χ1n) is 2.00. The second-order valence-corrected chi connectivity index (χ2v) is 1.08. The molecule has 0 saturated heterocycles. The van der Waals surface area contributed by atoms with Crippen molar-refractivity contribution in [2.45, 2.75) is 0 Å². The molecule has 1 amide bonds. The van der Waals surface area contributed by atoms with Crippen molar-refractivity contribution in [3.8, 4) is 0 Å². The lowest BCUT2D eigenvalue weighted by Crippen LogP contribution is -2.27. The summed E-state index contributed by atoms with van der Waals surface area (Å²) >= 11 is 0. The smallest absolute Gasteiger partial charge is 0.200 e. The third-order valence-electron chi connectivity index (χ3n) is 0.444. The van der Waals surface area contributed by atoms with Crippen LogP contribution in [0.2, 0.25) is 0 Å². The third kappa shape index (κ3) is 5.49. The first-order chi connectivity index (χ1) is 3.27. The van der Waals surface area contributed by atoms with Crippen molar-refractivity contribution in [3.63, 3.8) is 0 Å². The van der Waals surface area contributed by atoms with Crippen molar-refractivity contribution >= 4 is 13.7 Å². The van der Waals surface area contributed by atoms with E-state index in [2.05, 4.69) is 13.2 Å². The first kappa shape index (κ1) is 6.49. The molecule has 0 aromatic carbocycles. The quantitative estimate of drug-likeness (QED) is 0.427. The van der Waals surface area contributed by atoms with Gasteiger partial charge in [-0.1, -0.05) is 0 Å². The maximum Gasteiger partial charge on any atom is 0.200 e. The molecular weight excluding hydrogens is 90.9 g/mol. The zero-order valence-corrected chi connectivity index (χ0v) is 3.98. The van der Waals surface area contributed by atoms with Crippen LogP contribution in [-0.4, -0.2) is 26.7 Å². The van der Waals surface area contributed by atoms with Gasteiger partial charge in [0.15, 0.2) is 13.7 Å². The monoisotopic (exact) mass is 98.1 g/mol. The van der Waals surface area contributed by atoms with Crippen LogP contribution in [0.3, 0.4) is 0 Å². The molecule has 0 saturated carbocycles. The number of carbonyl (C=O) groups excluding carboxylic acids is 1. The Balaban J connectivity index is 2.82. The minimum absolute atomic E-state index is 0.433. The molecule has 0 aromatic heterocycles. The molecule has 38 valence electrons. The lowest BCUT2D eigenvalue weighted by Gasteiger charge is -1.94. The molecule has 0 fully saturated rings. The van der Waals surface area contributed by atoms with Gasteiger partial charge in [-0.3, -0.25) is 4.79 Å². The molecule has 4 heteroatoms. The summed E-state index contributed by atoms with van der Waals surface area (Å²) in [5.74, 6) is -0.523. The van der Waals surface area contributed by atoms with Crippen molar-refractivity contribution < 1.29 is 4.79 Å². The summed E-state index contributed by atoms with van der Waals surface area (Å²) in [6, 6.07) is 0.